The average molecular weight is 586 g/mol. The van der Waals surface area contributed by atoms with Gasteiger partial charge in [-0.1, -0.05) is 36.4 Å². The van der Waals surface area contributed by atoms with E-state index >= 15 is 0 Å². The summed E-state index contributed by atoms with van der Waals surface area (Å²) in [6.07, 6.45) is 6.18. The summed E-state index contributed by atoms with van der Waals surface area (Å²) in [5, 5.41) is 2.89. The first-order chi connectivity index (χ1) is 20.1. The van der Waals surface area contributed by atoms with Crippen LogP contribution in [-0.2, 0) is 35.2 Å². The number of allylic oxidation sites excluding steroid dienone is 1. The largest absolute Gasteiger partial charge is 0.466 e. The maximum atomic E-state index is 13.0. The maximum absolute atomic E-state index is 13.0. The molecule has 2 aliphatic heterocycles. The predicted molar refractivity (Wildman–Crippen MR) is 158 cm³/mol. The molecule has 2 fully saturated rings. The van der Waals surface area contributed by atoms with Gasteiger partial charge in [-0.25, -0.2) is 4.79 Å². The van der Waals surface area contributed by atoms with Crippen molar-refractivity contribution in [1.82, 2.24) is 15.1 Å². The fourth-order valence-corrected chi connectivity index (χ4v) is 5.05. The molecule has 1 N–H and O–H groups in total. The number of esters is 1. The highest BCUT2D eigenvalue weighted by atomic mass is 16.6. The predicted octanol–water partition coefficient (Wildman–Crippen LogP) is 3.94. The number of hydrogen-bond donors (Lipinski definition) is 1. The van der Waals surface area contributed by atoms with E-state index in [0.29, 0.717) is 39.2 Å². The van der Waals surface area contributed by atoms with Gasteiger partial charge in [0.2, 0.25) is 11.8 Å². The lowest BCUT2D eigenvalue weighted by Gasteiger charge is -2.33. The first-order valence-corrected chi connectivity index (χ1v) is 15.1. The van der Waals surface area contributed by atoms with Crippen LogP contribution in [0, 0.1) is 17.8 Å². The molecule has 10 heteroatoms. The van der Waals surface area contributed by atoms with Crippen LogP contribution in [0.3, 0.4) is 0 Å². The minimum atomic E-state index is -0.622. The number of nitrogens with zero attached hydrogens (tertiary/aromatic N) is 2. The van der Waals surface area contributed by atoms with Gasteiger partial charge in [0.05, 0.1) is 31.7 Å². The van der Waals surface area contributed by atoms with Crippen molar-refractivity contribution in [2.45, 2.75) is 65.6 Å². The lowest BCUT2D eigenvalue weighted by Crippen LogP contribution is -2.46. The van der Waals surface area contributed by atoms with Crippen LogP contribution in [-0.4, -0.2) is 85.2 Å². The molecule has 2 heterocycles. The third-order valence-corrected chi connectivity index (χ3v) is 7.38. The van der Waals surface area contributed by atoms with Crippen LogP contribution < -0.4 is 5.32 Å². The smallest absolute Gasteiger partial charge is 0.410 e. The SMILES string of the molecule is CCOC(=O)C(CNC(=O)[C@@H]1CCCN(C(=O)/C=C/C2CCN(C(=O)OC(C)(C)C)CC2)C1)COCc1ccccc1. The summed E-state index contributed by atoms with van der Waals surface area (Å²) in [5.74, 6) is -1.46. The van der Waals surface area contributed by atoms with Crippen molar-refractivity contribution < 1.29 is 33.4 Å². The van der Waals surface area contributed by atoms with Crippen LogP contribution in [0.15, 0.2) is 42.5 Å². The first-order valence-electron chi connectivity index (χ1n) is 15.1. The van der Waals surface area contributed by atoms with Crippen molar-refractivity contribution in [3.63, 3.8) is 0 Å². The monoisotopic (exact) mass is 585 g/mol. The molecule has 0 saturated carbocycles. The summed E-state index contributed by atoms with van der Waals surface area (Å²) in [7, 11) is 0. The van der Waals surface area contributed by atoms with E-state index in [1.807, 2.05) is 57.2 Å². The van der Waals surface area contributed by atoms with E-state index in [1.54, 1.807) is 22.8 Å². The highest BCUT2D eigenvalue weighted by Crippen LogP contribution is 2.22. The number of hydrogen-bond acceptors (Lipinski definition) is 7. The number of amides is 3. The third-order valence-electron chi connectivity index (χ3n) is 7.38. The van der Waals surface area contributed by atoms with Gasteiger partial charge in [-0.05, 0) is 70.9 Å². The molecule has 42 heavy (non-hydrogen) atoms. The maximum Gasteiger partial charge on any atom is 0.410 e. The molecular weight excluding hydrogens is 538 g/mol. The van der Waals surface area contributed by atoms with Crippen molar-refractivity contribution in [1.29, 1.82) is 0 Å². The highest BCUT2D eigenvalue weighted by Gasteiger charge is 2.30. The van der Waals surface area contributed by atoms with Crippen LogP contribution in [0.25, 0.3) is 0 Å². The number of nitrogens with one attached hydrogen (secondary N) is 1. The van der Waals surface area contributed by atoms with Crippen molar-refractivity contribution in [2.75, 3.05) is 45.9 Å². The zero-order valence-corrected chi connectivity index (χ0v) is 25.5. The molecule has 10 nitrogen and oxygen atoms in total. The van der Waals surface area contributed by atoms with Crippen molar-refractivity contribution in [3.05, 3.63) is 48.0 Å². The molecule has 0 spiro atoms. The Labute approximate surface area is 249 Å². The molecule has 1 unspecified atom stereocenters. The van der Waals surface area contributed by atoms with Crippen molar-refractivity contribution >= 4 is 23.9 Å². The molecule has 2 saturated heterocycles. The molecule has 2 aliphatic rings. The number of rotatable bonds is 11. The molecule has 232 valence electrons. The molecule has 0 aromatic heterocycles. The molecule has 0 radical (unpaired) electrons. The van der Waals surface area contributed by atoms with E-state index in [4.69, 9.17) is 14.2 Å². The number of likely N-dealkylation sites (tertiary alicyclic amines) is 2. The Hall–Kier alpha value is -3.40. The minimum absolute atomic E-state index is 0.110. The zero-order chi connectivity index (χ0) is 30.5. The number of piperidine rings is 2. The average Bonchev–Trinajstić information content (AvgIpc) is 2.97. The van der Waals surface area contributed by atoms with E-state index in [2.05, 4.69) is 5.32 Å². The topological polar surface area (TPSA) is 114 Å². The van der Waals surface area contributed by atoms with Gasteiger partial charge in [0, 0.05) is 32.7 Å². The van der Waals surface area contributed by atoms with Gasteiger partial charge in [0.15, 0.2) is 0 Å². The second-order valence-electron chi connectivity index (χ2n) is 12.0. The summed E-state index contributed by atoms with van der Waals surface area (Å²) < 4.78 is 16.4. The standard InChI is InChI=1S/C32H47N3O7/c1-5-41-30(38)27(23-40-22-25-10-7-6-8-11-25)20-33-29(37)26-12-9-17-35(21-26)28(36)14-13-24-15-18-34(19-16-24)31(39)42-32(2,3)4/h6-8,10-11,13-14,24,26-27H,5,9,12,15-23H2,1-4H3,(H,33,37)/b14-13+/t26-,27?/m1/s1. The van der Waals surface area contributed by atoms with Crippen LogP contribution in [0.2, 0.25) is 0 Å². The van der Waals surface area contributed by atoms with Crippen molar-refractivity contribution in [3.8, 4) is 0 Å². The third kappa shape index (κ3) is 11.1. The summed E-state index contributed by atoms with van der Waals surface area (Å²) in [6.45, 7) is 10.3. The molecule has 1 aromatic carbocycles. The number of carbonyl (C=O) groups is 4. The minimum Gasteiger partial charge on any atom is -0.466 e. The normalized spacial score (nSPS) is 18.9. The molecule has 0 aliphatic carbocycles. The van der Waals surface area contributed by atoms with Gasteiger partial charge in [-0.3, -0.25) is 14.4 Å². The van der Waals surface area contributed by atoms with E-state index in [-0.39, 0.29) is 49.5 Å². The van der Waals surface area contributed by atoms with Gasteiger partial charge in [0.1, 0.15) is 5.60 Å². The molecule has 3 rings (SSSR count). The van der Waals surface area contributed by atoms with Gasteiger partial charge < -0.3 is 29.3 Å². The summed E-state index contributed by atoms with van der Waals surface area (Å²) in [5.41, 5.74) is 0.472. The molecule has 0 bridgehead atoms. The quantitative estimate of drug-likeness (QED) is 0.309. The fourth-order valence-electron chi connectivity index (χ4n) is 5.05. The Morgan fingerprint density at radius 2 is 1.74 bits per heavy atom. The van der Waals surface area contributed by atoms with Crippen LogP contribution in [0.4, 0.5) is 4.79 Å². The highest BCUT2D eigenvalue weighted by molar-refractivity contribution is 5.88. The zero-order valence-electron chi connectivity index (χ0n) is 25.5. The Balaban J connectivity index is 1.44. The molecule has 3 amide bonds. The molecular formula is C32H47N3O7. The van der Waals surface area contributed by atoms with Gasteiger partial charge in [0.25, 0.3) is 0 Å². The first kappa shape index (κ1) is 33.1. The fraction of sp³-hybridized carbons (Fsp3) is 0.625. The lowest BCUT2D eigenvalue weighted by atomic mass is 9.95. The molecule has 1 aromatic rings. The molecule has 2 atom stereocenters. The Morgan fingerprint density at radius 1 is 1.02 bits per heavy atom. The number of benzene rings is 1. The van der Waals surface area contributed by atoms with E-state index in [9.17, 15) is 19.2 Å². The Kier molecular flexibility index (Phi) is 12.8. The number of ether oxygens (including phenoxy) is 3. The number of carbonyl (C=O) groups excluding carboxylic acids is 4. The van der Waals surface area contributed by atoms with Crippen LogP contribution in [0.5, 0.6) is 0 Å². The van der Waals surface area contributed by atoms with Gasteiger partial charge >= 0.3 is 12.1 Å². The van der Waals surface area contributed by atoms with Gasteiger partial charge in [-0.15, -0.1) is 0 Å². The van der Waals surface area contributed by atoms with Crippen LogP contribution >= 0.6 is 0 Å². The second kappa shape index (κ2) is 16.3. The summed E-state index contributed by atoms with van der Waals surface area (Å²) in [4.78, 5) is 54.2. The lowest BCUT2D eigenvalue weighted by molar-refractivity contribution is -0.150. The summed E-state index contributed by atoms with van der Waals surface area (Å²) >= 11 is 0. The van der Waals surface area contributed by atoms with Gasteiger partial charge in [-0.2, -0.15) is 0 Å². The van der Waals surface area contributed by atoms with E-state index in [1.165, 1.54) is 0 Å². The Morgan fingerprint density at radius 3 is 2.40 bits per heavy atom. The van der Waals surface area contributed by atoms with Crippen LogP contribution in [0.1, 0.15) is 58.9 Å². The van der Waals surface area contributed by atoms with E-state index < -0.39 is 17.5 Å². The van der Waals surface area contributed by atoms with E-state index in [0.717, 1.165) is 24.8 Å². The van der Waals surface area contributed by atoms with Crippen molar-refractivity contribution in [2.24, 2.45) is 17.8 Å². The Bertz CT molecular complexity index is 1060. The summed E-state index contributed by atoms with van der Waals surface area (Å²) in [6, 6.07) is 9.67. The second-order valence-corrected chi connectivity index (χ2v) is 12.0.